The summed E-state index contributed by atoms with van der Waals surface area (Å²) in [6.45, 7) is 0.350. The third kappa shape index (κ3) is 3.73. The van der Waals surface area contributed by atoms with E-state index in [0.29, 0.717) is 30.3 Å². The summed E-state index contributed by atoms with van der Waals surface area (Å²) in [6, 6.07) is 5.31. The van der Waals surface area contributed by atoms with Crippen molar-refractivity contribution in [3.05, 3.63) is 24.4 Å². The summed E-state index contributed by atoms with van der Waals surface area (Å²) < 4.78 is 15.8. The van der Waals surface area contributed by atoms with Crippen LogP contribution in [0.15, 0.2) is 24.4 Å². The molecule has 1 aliphatic rings. The molecule has 1 saturated heterocycles. The van der Waals surface area contributed by atoms with Crippen LogP contribution >= 0.6 is 0 Å². The first kappa shape index (κ1) is 16.8. The zero-order valence-corrected chi connectivity index (χ0v) is 14.0. The van der Waals surface area contributed by atoms with Crippen molar-refractivity contribution in [2.24, 2.45) is 0 Å². The molecule has 1 atom stereocenters. The van der Waals surface area contributed by atoms with Crippen LogP contribution in [0, 0.1) is 0 Å². The summed E-state index contributed by atoms with van der Waals surface area (Å²) in [7, 11) is 2.80. The lowest BCUT2D eigenvalue weighted by atomic mass is 10.1. The lowest BCUT2D eigenvalue weighted by molar-refractivity contribution is -0.119. The number of methoxy groups -OCH3 is 2. The van der Waals surface area contributed by atoms with Crippen LogP contribution < -0.4 is 20.1 Å². The monoisotopic (exact) mass is 345 g/mol. The number of aromatic nitrogens is 1. The van der Waals surface area contributed by atoms with Crippen LogP contribution in [-0.2, 0) is 9.53 Å². The van der Waals surface area contributed by atoms with Crippen molar-refractivity contribution in [1.82, 2.24) is 10.3 Å². The second-order valence-electron chi connectivity index (χ2n) is 5.62. The summed E-state index contributed by atoms with van der Waals surface area (Å²) in [5, 5.41) is 7.04. The molecule has 25 heavy (non-hydrogen) atoms. The van der Waals surface area contributed by atoms with Gasteiger partial charge in [0.2, 0.25) is 11.8 Å². The molecule has 8 nitrogen and oxygen atoms in total. The van der Waals surface area contributed by atoms with Gasteiger partial charge in [0.25, 0.3) is 0 Å². The largest absolute Gasteiger partial charge is 0.495 e. The van der Waals surface area contributed by atoms with Gasteiger partial charge in [-0.05, 0) is 30.0 Å². The van der Waals surface area contributed by atoms with Crippen molar-refractivity contribution in [2.45, 2.75) is 18.9 Å². The zero-order valence-electron chi connectivity index (χ0n) is 14.0. The number of nitrogens with one attached hydrogen (secondary N) is 2. The molecular weight excluding hydrogens is 326 g/mol. The maximum atomic E-state index is 11.5. The minimum Gasteiger partial charge on any atom is -0.495 e. The Hall–Kier alpha value is -3.03. The first-order chi connectivity index (χ1) is 12.1. The highest BCUT2D eigenvalue weighted by Crippen LogP contribution is 2.34. The fraction of sp³-hybridized carbons (Fsp3) is 0.353. The van der Waals surface area contributed by atoms with Crippen LogP contribution in [-0.4, -0.2) is 43.9 Å². The molecule has 2 amide bonds. The second-order valence-corrected chi connectivity index (χ2v) is 5.62. The van der Waals surface area contributed by atoms with E-state index in [9.17, 15) is 9.59 Å². The summed E-state index contributed by atoms with van der Waals surface area (Å²) in [5.41, 5.74) is 0.488. The van der Waals surface area contributed by atoms with Crippen LogP contribution in [0.4, 0.5) is 10.5 Å². The number of ether oxygens (including phenoxy) is 3. The number of rotatable bonds is 5. The van der Waals surface area contributed by atoms with Crippen molar-refractivity contribution in [1.29, 1.82) is 0 Å². The SMILES string of the molecule is COC(=O)Nc1cc2ccnc(OC[C@@H]3CCC(=O)N3)c2cc1OC. The van der Waals surface area contributed by atoms with Gasteiger partial charge >= 0.3 is 6.09 Å². The van der Waals surface area contributed by atoms with Crippen LogP contribution in [0.25, 0.3) is 10.8 Å². The molecule has 0 bridgehead atoms. The number of nitrogens with zero attached hydrogens (tertiary/aromatic N) is 1. The summed E-state index contributed by atoms with van der Waals surface area (Å²) in [6.07, 6.45) is 2.31. The molecule has 2 heterocycles. The van der Waals surface area contributed by atoms with Crippen molar-refractivity contribution >= 4 is 28.5 Å². The summed E-state index contributed by atoms with van der Waals surface area (Å²) >= 11 is 0. The lowest BCUT2D eigenvalue weighted by Crippen LogP contribution is -2.31. The van der Waals surface area contributed by atoms with Gasteiger partial charge in [-0.25, -0.2) is 9.78 Å². The van der Waals surface area contributed by atoms with E-state index in [0.717, 1.165) is 17.2 Å². The van der Waals surface area contributed by atoms with Gasteiger partial charge in [-0.15, -0.1) is 0 Å². The van der Waals surface area contributed by atoms with Gasteiger partial charge in [-0.2, -0.15) is 0 Å². The van der Waals surface area contributed by atoms with E-state index in [2.05, 4.69) is 20.4 Å². The fourth-order valence-corrected chi connectivity index (χ4v) is 2.70. The smallest absolute Gasteiger partial charge is 0.411 e. The predicted octanol–water partition coefficient (Wildman–Crippen LogP) is 2.08. The normalized spacial score (nSPS) is 16.4. The van der Waals surface area contributed by atoms with E-state index in [1.807, 2.05) is 0 Å². The minimum atomic E-state index is -0.583. The van der Waals surface area contributed by atoms with Crippen molar-refractivity contribution in [3.63, 3.8) is 0 Å². The highest BCUT2D eigenvalue weighted by atomic mass is 16.5. The third-order valence-corrected chi connectivity index (χ3v) is 3.98. The molecule has 0 aliphatic carbocycles. The first-order valence-corrected chi connectivity index (χ1v) is 7.84. The van der Waals surface area contributed by atoms with Gasteiger partial charge in [0.05, 0.1) is 25.9 Å². The molecule has 0 saturated carbocycles. The average molecular weight is 345 g/mol. The quantitative estimate of drug-likeness (QED) is 0.861. The molecule has 3 rings (SSSR count). The van der Waals surface area contributed by atoms with Gasteiger partial charge < -0.3 is 19.5 Å². The number of carbonyl (C=O) groups is 2. The molecule has 1 aromatic heterocycles. The van der Waals surface area contributed by atoms with Crippen LogP contribution in [0.1, 0.15) is 12.8 Å². The topological polar surface area (TPSA) is 98.8 Å². The Kier molecular flexibility index (Phi) is 4.87. The van der Waals surface area contributed by atoms with Gasteiger partial charge in [0.1, 0.15) is 12.4 Å². The van der Waals surface area contributed by atoms with E-state index in [1.165, 1.54) is 14.2 Å². The summed E-state index contributed by atoms with van der Waals surface area (Å²) in [5.74, 6) is 0.950. The molecule has 0 spiro atoms. The van der Waals surface area contributed by atoms with E-state index < -0.39 is 6.09 Å². The standard InChI is InChI=1S/C17H19N3O5/c1-23-14-8-12-10(7-13(14)20-17(22)24-2)5-6-18-16(12)25-9-11-3-4-15(21)19-11/h5-8,11H,3-4,9H2,1-2H3,(H,19,21)(H,20,22)/t11-/m0/s1. The van der Waals surface area contributed by atoms with Crippen LogP contribution in [0.2, 0.25) is 0 Å². The predicted molar refractivity (Wildman–Crippen MR) is 91.0 cm³/mol. The Morgan fingerprint density at radius 3 is 2.92 bits per heavy atom. The maximum Gasteiger partial charge on any atom is 0.411 e. The van der Waals surface area contributed by atoms with E-state index in [1.54, 1.807) is 24.4 Å². The zero-order chi connectivity index (χ0) is 17.8. The molecule has 1 aliphatic heterocycles. The molecule has 0 unspecified atom stereocenters. The van der Waals surface area contributed by atoms with Crippen molar-refractivity contribution < 1.29 is 23.8 Å². The molecule has 8 heteroatoms. The van der Waals surface area contributed by atoms with Gasteiger partial charge in [-0.1, -0.05) is 0 Å². The molecular formula is C17H19N3O5. The molecule has 2 aromatic rings. The number of carbonyl (C=O) groups excluding carboxylic acids is 2. The number of amides is 2. The Bertz CT molecular complexity index is 808. The fourth-order valence-electron chi connectivity index (χ4n) is 2.70. The number of fused-ring (bicyclic) bond motifs is 1. The van der Waals surface area contributed by atoms with Gasteiger partial charge in [0, 0.05) is 18.0 Å². The highest BCUT2D eigenvalue weighted by molar-refractivity contribution is 5.96. The van der Waals surface area contributed by atoms with Gasteiger partial charge in [0.15, 0.2) is 0 Å². The second kappa shape index (κ2) is 7.25. The first-order valence-electron chi connectivity index (χ1n) is 7.84. The highest BCUT2D eigenvalue weighted by Gasteiger charge is 2.22. The van der Waals surface area contributed by atoms with E-state index >= 15 is 0 Å². The number of hydrogen-bond acceptors (Lipinski definition) is 6. The maximum absolute atomic E-state index is 11.5. The van der Waals surface area contributed by atoms with Crippen molar-refractivity contribution in [2.75, 3.05) is 26.1 Å². The van der Waals surface area contributed by atoms with Gasteiger partial charge in [-0.3, -0.25) is 10.1 Å². The molecule has 1 aromatic carbocycles. The van der Waals surface area contributed by atoms with Crippen LogP contribution in [0.5, 0.6) is 11.6 Å². The van der Waals surface area contributed by atoms with Crippen LogP contribution in [0.3, 0.4) is 0 Å². The molecule has 2 N–H and O–H groups in total. The molecule has 132 valence electrons. The molecule has 1 fully saturated rings. The summed E-state index contributed by atoms with van der Waals surface area (Å²) in [4.78, 5) is 27.0. The van der Waals surface area contributed by atoms with E-state index in [-0.39, 0.29) is 11.9 Å². The van der Waals surface area contributed by atoms with Crippen molar-refractivity contribution in [3.8, 4) is 11.6 Å². The average Bonchev–Trinajstić information content (AvgIpc) is 3.04. The number of anilines is 1. The minimum absolute atomic E-state index is 0.00767. The Balaban J connectivity index is 1.86. The third-order valence-electron chi connectivity index (χ3n) is 3.98. The Labute approximate surface area is 144 Å². The Morgan fingerprint density at radius 2 is 2.24 bits per heavy atom. The Morgan fingerprint density at radius 1 is 1.40 bits per heavy atom. The number of benzene rings is 1. The lowest BCUT2D eigenvalue weighted by Gasteiger charge is -2.15. The van der Waals surface area contributed by atoms with E-state index in [4.69, 9.17) is 9.47 Å². The number of hydrogen-bond donors (Lipinski definition) is 2. The number of pyridine rings is 1. The molecule has 0 radical (unpaired) electrons.